The number of hydrogen-bond donors (Lipinski definition) is 4. The SMILES string of the molecule is [CH2]C([CH2])=[C][C][C][C@]1([CH2])O[C@@H]1[C]n1cc([C][C](P(=O)(O)O)P(=O)(O)O)nn1. The van der Waals surface area contributed by atoms with E-state index in [1.54, 1.807) is 0 Å². The lowest BCUT2D eigenvalue weighted by atomic mass is 10.0. The minimum absolute atomic E-state index is 0.324. The van der Waals surface area contributed by atoms with Gasteiger partial charge in [-0.15, -0.1) is 5.10 Å². The van der Waals surface area contributed by atoms with Crippen molar-refractivity contribution in [3.63, 3.8) is 0 Å². The van der Waals surface area contributed by atoms with Crippen LogP contribution in [0.3, 0.4) is 0 Å². The summed E-state index contributed by atoms with van der Waals surface area (Å²) >= 11 is 0. The smallest absolute Gasteiger partial charge is 0.346 e. The molecular weight excluding hydrogens is 384 g/mol. The fraction of sp³-hybridized carbons (Fsp3) is 0.143. The van der Waals surface area contributed by atoms with Crippen LogP contribution < -0.4 is 0 Å². The molecule has 0 saturated carbocycles. The van der Waals surface area contributed by atoms with Gasteiger partial charge in [0.2, 0.25) is 5.40 Å². The van der Waals surface area contributed by atoms with Crippen molar-refractivity contribution in [1.29, 1.82) is 0 Å². The Bertz CT molecular complexity index is 742. The number of ether oxygens (including phenoxy) is 1. The monoisotopic (exact) mass is 396 g/mol. The van der Waals surface area contributed by atoms with Gasteiger partial charge in [0.05, 0.1) is 18.3 Å². The zero-order valence-electron chi connectivity index (χ0n) is 13.0. The summed E-state index contributed by atoms with van der Waals surface area (Å²) in [5.41, 5.74) is -1.02. The van der Waals surface area contributed by atoms with Crippen molar-refractivity contribution < 1.29 is 33.4 Å². The summed E-state index contributed by atoms with van der Waals surface area (Å²) in [7, 11) is -10.5. The standard InChI is InChI=1S/C14H12N3O7P2/c1-10(2)5-4-6-14(3)12(24-14)9-17-8-11(15-16-17)7-13(25(18,19)20)26(21,22)23/h8,12H,1-3H2,(H2,18,19,20)(H2,21,22,23)/t12-,14+/m1/s1. The lowest BCUT2D eigenvalue weighted by molar-refractivity contribution is 0.354. The van der Waals surface area contributed by atoms with Crippen LogP contribution in [0.2, 0.25) is 0 Å². The molecule has 0 aliphatic carbocycles. The molecule has 26 heavy (non-hydrogen) atoms. The van der Waals surface area contributed by atoms with Gasteiger partial charge in [-0.05, 0) is 26.8 Å². The summed E-state index contributed by atoms with van der Waals surface area (Å²) in [4.78, 5) is 36.1. The second-order valence-electron chi connectivity index (χ2n) is 5.08. The summed E-state index contributed by atoms with van der Waals surface area (Å²) in [6.07, 6.45) is 10.1. The maximum absolute atomic E-state index is 11.2. The number of allylic oxidation sites excluding steroid dienone is 2. The summed E-state index contributed by atoms with van der Waals surface area (Å²) in [5, 5.41) is 5.56. The van der Waals surface area contributed by atoms with E-state index in [4.69, 9.17) is 24.3 Å². The van der Waals surface area contributed by atoms with Gasteiger partial charge in [-0.25, -0.2) is 4.68 Å². The highest BCUT2D eigenvalue weighted by Gasteiger charge is 2.53. The molecule has 135 valence electrons. The van der Waals surface area contributed by atoms with Crippen LogP contribution in [-0.2, 0) is 13.9 Å². The van der Waals surface area contributed by atoms with Crippen molar-refractivity contribution in [3.05, 3.63) is 75.5 Å². The zero-order valence-corrected chi connectivity index (χ0v) is 14.8. The number of aromatic nitrogens is 3. The average Bonchev–Trinajstić information content (AvgIpc) is 2.88. The topological polar surface area (TPSA) is 158 Å². The molecule has 10 nitrogen and oxygen atoms in total. The minimum atomic E-state index is -5.24. The van der Waals surface area contributed by atoms with Crippen LogP contribution in [0, 0.1) is 58.1 Å². The van der Waals surface area contributed by atoms with E-state index in [2.05, 4.69) is 56.5 Å². The molecule has 1 aliphatic rings. The third-order valence-corrected chi connectivity index (χ3v) is 5.63. The normalized spacial score (nSPS) is 23.3. The fourth-order valence-corrected chi connectivity index (χ4v) is 3.44. The van der Waals surface area contributed by atoms with Crippen molar-refractivity contribution in [1.82, 2.24) is 15.0 Å². The first-order valence-corrected chi connectivity index (χ1v) is 9.81. The van der Waals surface area contributed by atoms with Crippen LogP contribution in [0.25, 0.3) is 0 Å². The Morgan fingerprint density at radius 1 is 1.27 bits per heavy atom. The van der Waals surface area contributed by atoms with Gasteiger partial charge in [0.15, 0.2) is 6.54 Å². The third kappa shape index (κ3) is 5.82. The van der Waals surface area contributed by atoms with Crippen molar-refractivity contribution in [3.8, 4) is 0 Å². The highest BCUT2D eigenvalue weighted by molar-refractivity contribution is 7.75. The van der Waals surface area contributed by atoms with Gasteiger partial charge in [-0.2, -0.15) is 0 Å². The van der Waals surface area contributed by atoms with Crippen LogP contribution >= 0.6 is 15.2 Å². The van der Waals surface area contributed by atoms with E-state index in [-0.39, 0.29) is 5.69 Å². The summed E-state index contributed by atoms with van der Waals surface area (Å²) < 4.78 is 28.6. The second kappa shape index (κ2) is 7.64. The molecule has 0 bridgehead atoms. The predicted octanol–water partition coefficient (Wildman–Crippen LogP) is -0.0287. The third-order valence-electron chi connectivity index (χ3n) is 2.74. The Morgan fingerprint density at radius 3 is 2.42 bits per heavy atom. The van der Waals surface area contributed by atoms with Gasteiger partial charge < -0.3 is 24.3 Å². The molecule has 0 spiro atoms. The Labute approximate surface area is 151 Å². The second-order valence-corrected chi connectivity index (χ2v) is 8.50. The minimum Gasteiger partial charge on any atom is -0.362 e. The fourth-order valence-electron chi connectivity index (χ4n) is 1.56. The summed E-state index contributed by atoms with van der Waals surface area (Å²) in [5.74, 6) is 0. The highest BCUT2D eigenvalue weighted by Crippen LogP contribution is 2.67. The molecule has 13 radical (unpaired) electrons. The molecule has 12 heteroatoms. The molecule has 4 N–H and O–H groups in total. The molecule has 2 heterocycles. The Hall–Kier alpha value is -0.860. The van der Waals surface area contributed by atoms with Crippen LogP contribution in [-0.4, -0.2) is 46.3 Å². The maximum Gasteiger partial charge on any atom is 0.346 e. The van der Waals surface area contributed by atoms with E-state index in [0.717, 1.165) is 10.9 Å². The van der Waals surface area contributed by atoms with E-state index in [1.807, 2.05) is 6.42 Å². The Kier molecular flexibility index (Phi) is 6.30. The first kappa shape index (κ1) is 21.4. The molecule has 1 aromatic rings. The quantitative estimate of drug-likeness (QED) is 0.332. The van der Waals surface area contributed by atoms with Crippen molar-refractivity contribution in [2.75, 3.05) is 0 Å². The van der Waals surface area contributed by atoms with Crippen LogP contribution in [0.5, 0.6) is 0 Å². The lowest BCUT2D eigenvalue weighted by Gasteiger charge is -2.16. The molecule has 2 rings (SSSR count). The van der Waals surface area contributed by atoms with Gasteiger partial charge >= 0.3 is 15.2 Å². The molecule has 2 atom stereocenters. The van der Waals surface area contributed by atoms with Gasteiger partial charge in [-0.1, -0.05) is 10.8 Å². The Balaban J connectivity index is 1.95. The van der Waals surface area contributed by atoms with Crippen molar-refractivity contribution >= 4 is 15.2 Å². The van der Waals surface area contributed by atoms with E-state index in [9.17, 15) is 9.13 Å². The molecule has 1 saturated heterocycles. The summed E-state index contributed by atoms with van der Waals surface area (Å²) in [6.45, 7) is 13.4. The zero-order chi connectivity index (χ0) is 19.8. The maximum atomic E-state index is 11.2. The largest absolute Gasteiger partial charge is 0.362 e. The summed E-state index contributed by atoms with van der Waals surface area (Å²) in [6, 6.07) is 0. The molecule has 0 aromatic carbocycles. The lowest BCUT2D eigenvalue weighted by Crippen LogP contribution is -2.14. The highest BCUT2D eigenvalue weighted by atomic mass is 31.2. The van der Waals surface area contributed by atoms with Crippen molar-refractivity contribution in [2.24, 2.45) is 0 Å². The van der Waals surface area contributed by atoms with Crippen LogP contribution in [0.15, 0.2) is 11.8 Å². The number of rotatable bonds is 9. The molecule has 0 unspecified atom stereocenters. The van der Waals surface area contributed by atoms with Crippen LogP contribution in [0.1, 0.15) is 5.69 Å². The van der Waals surface area contributed by atoms with Gasteiger partial charge in [0.1, 0.15) is 11.7 Å². The predicted molar refractivity (Wildman–Crippen MR) is 85.3 cm³/mol. The molecule has 1 aliphatic heterocycles. The number of epoxide rings is 1. The van der Waals surface area contributed by atoms with E-state index >= 15 is 0 Å². The first-order valence-electron chi connectivity index (χ1n) is 6.58. The number of hydrogen-bond acceptors (Lipinski definition) is 5. The molecular formula is C14H12N3O7P2. The molecule has 1 aromatic heterocycles. The number of nitrogens with zero attached hydrogens (tertiary/aromatic N) is 3. The molecule has 1 fully saturated rings. The van der Waals surface area contributed by atoms with Crippen molar-refractivity contribution in [2.45, 2.75) is 11.7 Å². The average molecular weight is 396 g/mol. The molecule has 0 amide bonds. The van der Waals surface area contributed by atoms with Gasteiger partial charge in [0.25, 0.3) is 0 Å². The van der Waals surface area contributed by atoms with Gasteiger partial charge in [0, 0.05) is 12.8 Å². The van der Waals surface area contributed by atoms with E-state index in [0.29, 0.717) is 5.57 Å². The van der Waals surface area contributed by atoms with Crippen LogP contribution in [0.4, 0.5) is 0 Å². The van der Waals surface area contributed by atoms with Gasteiger partial charge in [-0.3, -0.25) is 9.13 Å². The van der Waals surface area contributed by atoms with E-state index < -0.39 is 32.3 Å². The first-order chi connectivity index (χ1) is 11.8. The van der Waals surface area contributed by atoms with E-state index in [1.165, 1.54) is 0 Å². The Morgan fingerprint density at radius 2 is 1.88 bits per heavy atom.